The monoisotopic (exact) mass is 250 g/mol. The number of nitrogens with one attached hydrogen (secondary N) is 1. The Morgan fingerprint density at radius 1 is 1.59 bits per heavy atom. The van der Waals surface area contributed by atoms with Gasteiger partial charge >= 0.3 is 0 Å². The third-order valence-electron chi connectivity index (χ3n) is 2.96. The molecule has 1 aliphatic rings. The topological polar surface area (TPSA) is 45.5 Å². The van der Waals surface area contributed by atoms with E-state index in [1.165, 1.54) is 0 Å². The molecule has 0 unspecified atom stereocenters. The Hall–Kier alpha value is -1.62. The van der Waals surface area contributed by atoms with E-state index in [2.05, 4.69) is 5.32 Å². The van der Waals surface area contributed by atoms with Crippen LogP contribution in [-0.2, 0) is 4.79 Å². The van der Waals surface area contributed by atoms with Gasteiger partial charge in [0, 0.05) is 18.3 Å². The molecule has 1 aromatic rings. The predicted octanol–water partition coefficient (Wildman–Crippen LogP) is 2.00. The first kappa shape index (κ1) is 11.9. The van der Waals surface area contributed by atoms with E-state index >= 15 is 0 Å². The van der Waals surface area contributed by atoms with Crippen LogP contribution in [0.25, 0.3) is 0 Å². The lowest BCUT2D eigenvalue weighted by Gasteiger charge is -2.34. The number of nitrogens with zero attached hydrogens (tertiary/aromatic N) is 1. The summed E-state index contributed by atoms with van der Waals surface area (Å²) in [5, 5.41) is 3.71. The number of carbonyl (C=O) groups is 1. The number of furan rings is 1. The van der Waals surface area contributed by atoms with Gasteiger partial charge < -0.3 is 14.6 Å². The lowest BCUT2D eigenvalue weighted by atomic mass is 9.97. The minimum Gasteiger partial charge on any atom is -0.467 e. The van der Waals surface area contributed by atoms with Gasteiger partial charge in [0.1, 0.15) is 11.8 Å². The van der Waals surface area contributed by atoms with Gasteiger partial charge in [-0.3, -0.25) is 4.79 Å². The van der Waals surface area contributed by atoms with Crippen LogP contribution in [0.3, 0.4) is 0 Å². The second kappa shape index (κ2) is 4.33. The molecular formula is C12H14N2O2S. The van der Waals surface area contributed by atoms with E-state index in [0.717, 1.165) is 5.70 Å². The summed E-state index contributed by atoms with van der Waals surface area (Å²) in [5.74, 6) is 0.718. The number of allylic oxidation sites excluding steroid dienone is 1. The van der Waals surface area contributed by atoms with E-state index in [-0.39, 0.29) is 11.8 Å². The van der Waals surface area contributed by atoms with Gasteiger partial charge in [0.15, 0.2) is 10.9 Å². The molecule has 1 aliphatic heterocycles. The Balaban J connectivity index is 2.51. The second-order valence-electron chi connectivity index (χ2n) is 4.01. The number of carbonyl (C=O) groups excluding carboxylic acids is 1. The van der Waals surface area contributed by atoms with Crippen molar-refractivity contribution in [1.82, 2.24) is 10.2 Å². The van der Waals surface area contributed by atoms with E-state index in [1.54, 1.807) is 24.2 Å². The summed E-state index contributed by atoms with van der Waals surface area (Å²) < 4.78 is 5.36. The van der Waals surface area contributed by atoms with E-state index in [9.17, 15) is 4.79 Å². The first-order valence-corrected chi connectivity index (χ1v) is 5.72. The van der Waals surface area contributed by atoms with Gasteiger partial charge in [-0.15, -0.1) is 0 Å². The van der Waals surface area contributed by atoms with Crippen LogP contribution in [0.15, 0.2) is 34.1 Å². The number of ketones is 1. The van der Waals surface area contributed by atoms with Crippen molar-refractivity contribution in [3.63, 3.8) is 0 Å². The molecular weight excluding hydrogens is 236 g/mol. The smallest absolute Gasteiger partial charge is 0.173 e. The fourth-order valence-electron chi connectivity index (χ4n) is 1.96. The molecule has 0 aromatic carbocycles. The average Bonchev–Trinajstić information content (AvgIpc) is 2.77. The Morgan fingerprint density at radius 2 is 2.29 bits per heavy atom. The highest BCUT2D eigenvalue weighted by Crippen LogP contribution is 2.30. The molecule has 1 aromatic heterocycles. The molecule has 0 saturated heterocycles. The van der Waals surface area contributed by atoms with Crippen molar-refractivity contribution in [3.8, 4) is 0 Å². The van der Waals surface area contributed by atoms with Crippen molar-refractivity contribution in [3.05, 3.63) is 35.4 Å². The fraction of sp³-hybridized carbons (Fsp3) is 0.333. The highest BCUT2D eigenvalue weighted by Gasteiger charge is 2.31. The molecule has 1 atom stereocenters. The molecule has 2 heterocycles. The zero-order valence-electron chi connectivity index (χ0n) is 9.98. The minimum absolute atomic E-state index is 0.0192. The molecule has 5 heteroatoms. The largest absolute Gasteiger partial charge is 0.467 e. The van der Waals surface area contributed by atoms with Crippen LogP contribution >= 0.6 is 12.2 Å². The van der Waals surface area contributed by atoms with Gasteiger partial charge in [0.25, 0.3) is 0 Å². The molecule has 0 amide bonds. The Bertz CT molecular complexity index is 491. The lowest BCUT2D eigenvalue weighted by molar-refractivity contribution is -0.114. The van der Waals surface area contributed by atoms with E-state index in [1.807, 2.05) is 20.0 Å². The summed E-state index contributed by atoms with van der Waals surface area (Å²) in [4.78, 5) is 13.6. The van der Waals surface area contributed by atoms with E-state index in [0.29, 0.717) is 16.4 Å². The normalized spacial score (nSPS) is 20.5. The Kier molecular flexibility index (Phi) is 3.02. The molecule has 0 radical (unpaired) electrons. The number of hydrogen-bond donors (Lipinski definition) is 1. The molecule has 0 saturated carbocycles. The van der Waals surface area contributed by atoms with Crippen molar-refractivity contribution in [2.24, 2.45) is 0 Å². The van der Waals surface area contributed by atoms with Crippen molar-refractivity contribution in [1.29, 1.82) is 0 Å². The van der Waals surface area contributed by atoms with Crippen LogP contribution in [0.1, 0.15) is 25.6 Å². The van der Waals surface area contributed by atoms with Gasteiger partial charge in [-0.25, -0.2) is 0 Å². The maximum atomic E-state index is 11.8. The standard InChI is InChI=1S/C12H14N2O2S/c1-7-10(8(2)15)11(9-5-4-6-16-9)13-12(17)14(7)3/h4-6,11H,1-3H3,(H,13,17)/t11-/m1/s1. The minimum atomic E-state index is -0.286. The van der Waals surface area contributed by atoms with Crippen molar-refractivity contribution >= 4 is 23.1 Å². The quantitative estimate of drug-likeness (QED) is 0.813. The SMILES string of the molecule is CC(=O)C1=C(C)N(C)C(=S)N[C@@H]1c1ccco1. The first-order chi connectivity index (χ1) is 8.02. The lowest BCUT2D eigenvalue weighted by Crippen LogP contribution is -2.45. The molecule has 0 bridgehead atoms. The molecule has 0 fully saturated rings. The Morgan fingerprint density at radius 3 is 2.82 bits per heavy atom. The summed E-state index contributed by atoms with van der Waals surface area (Å²) in [6.07, 6.45) is 1.59. The van der Waals surface area contributed by atoms with Crippen molar-refractivity contribution < 1.29 is 9.21 Å². The fourth-order valence-corrected chi connectivity index (χ4v) is 2.22. The number of Topliss-reactive ketones (excluding diaryl/α,β-unsaturated/α-hetero) is 1. The predicted molar refractivity (Wildman–Crippen MR) is 68.3 cm³/mol. The molecule has 4 nitrogen and oxygen atoms in total. The third kappa shape index (κ3) is 1.98. The summed E-state index contributed by atoms with van der Waals surface area (Å²) in [6, 6.07) is 3.35. The van der Waals surface area contributed by atoms with Crippen LogP contribution < -0.4 is 5.32 Å². The summed E-state index contributed by atoms with van der Waals surface area (Å²) >= 11 is 5.22. The molecule has 0 spiro atoms. The molecule has 17 heavy (non-hydrogen) atoms. The summed E-state index contributed by atoms with van der Waals surface area (Å²) in [6.45, 7) is 3.44. The van der Waals surface area contributed by atoms with E-state index in [4.69, 9.17) is 16.6 Å². The van der Waals surface area contributed by atoms with Crippen molar-refractivity contribution in [2.75, 3.05) is 7.05 Å². The third-order valence-corrected chi connectivity index (χ3v) is 3.35. The highest BCUT2D eigenvalue weighted by molar-refractivity contribution is 7.80. The molecule has 1 N–H and O–H groups in total. The molecule has 2 rings (SSSR count). The maximum Gasteiger partial charge on any atom is 0.173 e. The van der Waals surface area contributed by atoms with Gasteiger partial charge in [-0.05, 0) is 38.2 Å². The summed E-state index contributed by atoms with van der Waals surface area (Å²) in [5.41, 5.74) is 1.55. The second-order valence-corrected chi connectivity index (χ2v) is 4.40. The van der Waals surface area contributed by atoms with Crippen LogP contribution in [-0.4, -0.2) is 22.8 Å². The Labute approximate surface area is 105 Å². The van der Waals surface area contributed by atoms with Crippen LogP contribution in [0.5, 0.6) is 0 Å². The van der Waals surface area contributed by atoms with Crippen LogP contribution in [0.2, 0.25) is 0 Å². The van der Waals surface area contributed by atoms with Gasteiger partial charge in [0.05, 0.1) is 6.26 Å². The summed E-state index contributed by atoms with van der Waals surface area (Å²) in [7, 11) is 1.84. The van der Waals surface area contributed by atoms with Crippen LogP contribution in [0.4, 0.5) is 0 Å². The molecule has 90 valence electrons. The van der Waals surface area contributed by atoms with Crippen LogP contribution in [0, 0.1) is 0 Å². The first-order valence-electron chi connectivity index (χ1n) is 5.31. The highest BCUT2D eigenvalue weighted by atomic mass is 32.1. The van der Waals surface area contributed by atoms with Gasteiger partial charge in [-0.1, -0.05) is 0 Å². The van der Waals surface area contributed by atoms with Crippen molar-refractivity contribution in [2.45, 2.75) is 19.9 Å². The van der Waals surface area contributed by atoms with Gasteiger partial charge in [-0.2, -0.15) is 0 Å². The zero-order valence-corrected chi connectivity index (χ0v) is 10.8. The number of thiocarbonyl (C=S) groups is 1. The van der Waals surface area contributed by atoms with E-state index < -0.39 is 0 Å². The number of hydrogen-bond acceptors (Lipinski definition) is 3. The molecule has 0 aliphatic carbocycles. The maximum absolute atomic E-state index is 11.8. The average molecular weight is 250 g/mol. The number of rotatable bonds is 2. The zero-order chi connectivity index (χ0) is 12.6. The van der Waals surface area contributed by atoms with Gasteiger partial charge in [0.2, 0.25) is 0 Å².